The van der Waals surface area contributed by atoms with Crippen LogP contribution in [-0.4, -0.2) is 5.91 Å². The minimum atomic E-state index is -0.0640. The zero-order valence-electron chi connectivity index (χ0n) is 14.5. The van der Waals surface area contributed by atoms with Gasteiger partial charge in [0.05, 0.1) is 0 Å². The fourth-order valence-electron chi connectivity index (χ4n) is 2.96. The SMILES string of the molecule is Cc1ccc(COc2ccc(/C=C3\C(=O)Nc4ccccc43)cc2)cc1. The van der Waals surface area contributed by atoms with E-state index in [9.17, 15) is 4.79 Å². The predicted octanol–water partition coefficient (Wildman–Crippen LogP) is 5.07. The Labute approximate surface area is 152 Å². The molecule has 4 rings (SSSR count). The maximum absolute atomic E-state index is 12.2. The number of hydrogen-bond donors (Lipinski definition) is 1. The van der Waals surface area contributed by atoms with Crippen molar-refractivity contribution in [2.75, 3.05) is 5.32 Å². The van der Waals surface area contributed by atoms with Crippen molar-refractivity contribution < 1.29 is 9.53 Å². The zero-order chi connectivity index (χ0) is 17.9. The molecular formula is C23H19NO2. The second-order valence-electron chi connectivity index (χ2n) is 6.40. The monoisotopic (exact) mass is 341 g/mol. The maximum Gasteiger partial charge on any atom is 0.256 e. The van der Waals surface area contributed by atoms with E-state index in [2.05, 4.69) is 36.5 Å². The van der Waals surface area contributed by atoms with Gasteiger partial charge in [0.15, 0.2) is 0 Å². The summed E-state index contributed by atoms with van der Waals surface area (Å²) >= 11 is 0. The molecule has 0 radical (unpaired) electrons. The highest BCUT2D eigenvalue weighted by molar-refractivity contribution is 6.34. The van der Waals surface area contributed by atoms with Gasteiger partial charge in [0, 0.05) is 16.8 Å². The Morgan fingerprint density at radius 2 is 1.65 bits per heavy atom. The molecule has 3 aromatic carbocycles. The minimum absolute atomic E-state index is 0.0640. The number of aryl methyl sites for hydroxylation is 1. The van der Waals surface area contributed by atoms with Gasteiger partial charge in [-0.3, -0.25) is 4.79 Å². The molecule has 128 valence electrons. The first kappa shape index (κ1) is 16.2. The van der Waals surface area contributed by atoms with Crippen molar-refractivity contribution in [3.05, 3.63) is 95.1 Å². The first-order valence-corrected chi connectivity index (χ1v) is 8.60. The third kappa shape index (κ3) is 3.38. The van der Waals surface area contributed by atoms with Gasteiger partial charge in [0.1, 0.15) is 12.4 Å². The lowest BCUT2D eigenvalue weighted by Crippen LogP contribution is -2.03. The van der Waals surface area contributed by atoms with Crippen molar-refractivity contribution in [2.24, 2.45) is 0 Å². The third-order valence-corrected chi connectivity index (χ3v) is 4.43. The largest absolute Gasteiger partial charge is 0.489 e. The molecule has 0 aliphatic carbocycles. The molecule has 0 bridgehead atoms. The van der Waals surface area contributed by atoms with Crippen molar-refractivity contribution in [2.45, 2.75) is 13.5 Å². The molecule has 3 heteroatoms. The number of ether oxygens (including phenoxy) is 1. The smallest absolute Gasteiger partial charge is 0.256 e. The lowest BCUT2D eigenvalue weighted by molar-refractivity contribution is -0.110. The Kier molecular flexibility index (Phi) is 4.28. The summed E-state index contributed by atoms with van der Waals surface area (Å²) in [7, 11) is 0. The molecule has 0 spiro atoms. The van der Waals surface area contributed by atoms with Crippen molar-refractivity contribution in [3.8, 4) is 5.75 Å². The van der Waals surface area contributed by atoms with Gasteiger partial charge in [-0.2, -0.15) is 0 Å². The average molecular weight is 341 g/mol. The van der Waals surface area contributed by atoms with E-state index in [0.717, 1.165) is 28.1 Å². The second-order valence-corrected chi connectivity index (χ2v) is 6.40. The van der Waals surface area contributed by atoms with Crippen LogP contribution in [0.25, 0.3) is 11.6 Å². The van der Waals surface area contributed by atoms with E-state index in [1.54, 1.807) is 0 Å². The van der Waals surface area contributed by atoms with Crippen LogP contribution in [0.1, 0.15) is 22.3 Å². The van der Waals surface area contributed by atoms with Crippen LogP contribution in [0.15, 0.2) is 72.8 Å². The highest BCUT2D eigenvalue weighted by Gasteiger charge is 2.23. The van der Waals surface area contributed by atoms with E-state index >= 15 is 0 Å². The normalized spacial score (nSPS) is 14.2. The van der Waals surface area contributed by atoms with Crippen molar-refractivity contribution in [3.63, 3.8) is 0 Å². The van der Waals surface area contributed by atoms with Crippen LogP contribution in [0, 0.1) is 6.92 Å². The molecule has 0 atom stereocenters. The summed E-state index contributed by atoms with van der Waals surface area (Å²) in [5.41, 5.74) is 5.84. The summed E-state index contributed by atoms with van der Waals surface area (Å²) < 4.78 is 5.83. The molecule has 3 nitrogen and oxygen atoms in total. The molecule has 1 amide bonds. The quantitative estimate of drug-likeness (QED) is 0.673. The highest BCUT2D eigenvalue weighted by Crippen LogP contribution is 2.32. The third-order valence-electron chi connectivity index (χ3n) is 4.43. The van der Waals surface area contributed by atoms with Gasteiger partial charge in [-0.1, -0.05) is 60.2 Å². The number of benzene rings is 3. The number of carbonyl (C=O) groups is 1. The summed E-state index contributed by atoms with van der Waals surface area (Å²) in [6.45, 7) is 2.61. The molecule has 1 aliphatic heterocycles. The van der Waals surface area contributed by atoms with Crippen LogP contribution in [0.5, 0.6) is 5.75 Å². The van der Waals surface area contributed by atoms with Gasteiger partial charge < -0.3 is 10.1 Å². The Morgan fingerprint density at radius 3 is 2.42 bits per heavy atom. The number of anilines is 1. The molecule has 1 N–H and O–H groups in total. The van der Waals surface area contributed by atoms with E-state index in [1.807, 2.05) is 54.6 Å². The van der Waals surface area contributed by atoms with Crippen molar-refractivity contribution in [1.82, 2.24) is 0 Å². The fourth-order valence-corrected chi connectivity index (χ4v) is 2.96. The van der Waals surface area contributed by atoms with Crippen LogP contribution in [0.3, 0.4) is 0 Å². The van der Waals surface area contributed by atoms with E-state index in [0.29, 0.717) is 12.2 Å². The molecule has 0 saturated carbocycles. The van der Waals surface area contributed by atoms with Gasteiger partial charge in [-0.25, -0.2) is 0 Å². The highest BCUT2D eigenvalue weighted by atomic mass is 16.5. The Hall–Kier alpha value is -3.33. The minimum Gasteiger partial charge on any atom is -0.489 e. The maximum atomic E-state index is 12.2. The lowest BCUT2D eigenvalue weighted by atomic mass is 10.0. The standard InChI is InChI=1S/C23H19NO2/c1-16-6-8-18(9-7-16)15-26-19-12-10-17(11-13-19)14-21-20-4-2-3-5-22(20)24-23(21)25/h2-14H,15H2,1H3,(H,24,25)/b21-14-. The van der Waals surface area contributed by atoms with Gasteiger partial charge in [-0.05, 0) is 42.3 Å². The number of carbonyl (C=O) groups excluding carboxylic acids is 1. The lowest BCUT2D eigenvalue weighted by Gasteiger charge is -2.07. The average Bonchev–Trinajstić information content (AvgIpc) is 2.98. The van der Waals surface area contributed by atoms with Gasteiger partial charge in [0.2, 0.25) is 0 Å². The summed E-state index contributed by atoms with van der Waals surface area (Å²) in [5, 5.41) is 2.89. The predicted molar refractivity (Wildman–Crippen MR) is 105 cm³/mol. The first-order valence-electron chi connectivity index (χ1n) is 8.60. The molecule has 1 heterocycles. The van der Waals surface area contributed by atoms with E-state index in [1.165, 1.54) is 5.56 Å². The number of para-hydroxylation sites is 1. The number of amides is 1. The summed E-state index contributed by atoms with van der Waals surface area (Å²) in [5.74, 6) is 0.745. The molecule has 0 fully saturated rings. The van der Waals surface area contributed by atoms with Crippen LogP contribution >= 0.6 is 0 Å². The van der Waals surface area contributed by atoms with Crippen LogP contribution in [0.2, 0.25) is 0 Å². The molecule has 1 aliphatic rings. The Bertz CT molecular complexity index is 970. The summed E-state index contributed by atoms with van der Waals surface area (Å²) in [6.07, 6.45) is 1.91. The Balaban J connectivity index is 1.48. The number of rotatable bonds is 4. The molecule has 0 saturated heterocycles. The fraction of sp³-hybridized carbons (Fsp3) is 0.0870. The van der Waals surface area contributed by atoms with E-state index < -0.39 is 0 Å². The Morgan fingerprint density at radius 1 is 0.923 bits per heavy atom. The van der Waals surface area contributed by atoms with Crippen LogP contribution in [-0.2, 0) is 11.4 Å². The number of fused-ring (bicyclic) bond motifs is 1. The summed E-state index contributed by atoms with van der Waals surface area (Å²) in [4.78, 5) is 12.2. The van der Waals surface area contributed by atoms with Gasteiger partial charge >= 0.3 is 0 Å². The van der Waals surface area contributed by atoms with E-state index in [-0.39, 0.29) is 5.91 Å². The van der Waals surface area contributed by atoms with Crippen LogP contribution < -0.4 is 10.1 Å². The van der Waals surface area contributed by atoms with Crippen molar-refractivity contribution in [1.29, 1.82) is 0 Å². The molecule has 0 unspecified atom stereocenters. The summed E-state index contributed by atoms with van der Waals surface area (Å²) in [6, 6.07) is 23.8. The van der Waals surface area contributed by atoms with E-state index in [4.69, 9.17) is 4.74 Å². The number of nitrogens with one attached hydrogen (secondary N) is 1. The topological polar surface area (TPSA) is 38.3 Å². The molecule has 0 aromatic heterocycles. The zero-order valence-corrected chi connectivity index (χ0v) is 14.5. The molecule has 3 aromatic rings. The van der Waals surface area contributed by atoms with Gasteiger partial charge in [0.25, 0.3) is 5.91 Å². The number of hydrogen-bond acceptors (Lipinski definition) is 2. The van der Waals surface area contributed by atoms with Crippen LogP contribution in [0.4, 0.5) is 5.69 Å². The molecule has 26 heavy (non-hydrogen) atoms. The first-order chi connectivity index (χ1) is 12.7. The van der Waals surface area contributed by atoms with Gasteiger partial charge in [-0.15, -0.1) is 0 Å². The molecular weight excluding hydrogens is 322 g/mol. The van der Waals surface area contributed by atoms with Crippen molar-refractivity contribution >= 4 is 23.2 Å². The second kappa shape index (κ2) is 6.89.